The molecule has 0 saturated heterocycles. The quantitative estimate of drug-likeness (QED) is 0.790. The van der Waals surface area contributed by atoms with Crippen molar-refractivity contribution in [2.45, 2.75) is 26.7 Å². The van der Waals surface area contributed by atoms with Gasteiger partial charge >= 0.3 is 0 Å². The minimum atomic E-state index is 0.310. The number of hydrogen-bond donors (Lipinski definition) is 1. The normalized spacial score (nSPS) is 13.5. The Bertz CT molecular complexity index is 362. The highest BCUT2D eigenvalue weighted by molar-refractivity contribution is 5.54. The number of benzene rings is 1. The van der Waals surface area contributed by atoms with Crippen LogP contribution in [-0.2, 0) is 0 Å². The van der Waals surface area contributed by atoms with E-state index in [0.29, 0.717) is 5.92 Å². The van der Waals surface area contributed by atoms with Crippen LogP contribution in [0.3, 0.4) is 0 Å². The van der Waals surface area contributed by atoms with Gasteiger partial charge in [0.25, 0.3) is 0 Å². The Hall–Kier alpha value is -1.50. The van der Waals surface area contributed by atoms with Crippen LogP contribution in [0.2, 0.25) is 0 Å². The lowest BCUT2D eigenvalue weighted by atomic mass is 9.90. The molecule has 0 aliphatic carbocycles. The van der Waals surface area contributed by atoms with Gasteiger partial charge in [-0.05, 0) is 18.4 Å². The van der Waals surface area contributed by atoms with E-state index in [0.717, 1.165) is 18.5 Å². The van der Waals surface area contributed by atoms with Gasteiger partial charge in [0.1, 0.15) is 0 Å². The lowest BCUT2D eigenvalue weighted by Crippen LogP contribution is -2.12. The number of nitrogens with two attached hydrogens (primary N) is 1. The van der Waals surface area contributed by atoms with Crippen molar-refractivity contribution in [3.63, 3.8) is 0 Å². The fourth-order valence-corrected chi connectivity index (χ4v) is 1.97. The smallest absolute Gasteiger partial charge is 0.0189 e. The zero-order valence-corrected chi connectivity index (χ0v) is 10.2. The van der Waals surface area contributed by atoms with Gasteiger partial charge in [-0.15, -0.1) is 0 Å². The SMILES string of the molecule is C=C(N)C(CC)/C(=C/c1ccccc1)CC. The first-order chi connectivity index (χ1) is 7.69. The second kappa shape index (κ2) is 6.16. The number of hydrogen-bond acceptors (Lipinski definition) is 1. The third kappa shape index (κ3) is 3.27. The first-order valence-electron chi connectivity index (χ1n) is 5.88. The second-order valence-corrected chi connectivity index (χ2v) is 4.02. The largest absolute Gasteiger partial charge is 0.402 e. The molecule has 16 heavy (non-hydrogen) atoms. The molecule has 1 aromatic carbocycles. The van der Waals surface area contributed by atoms with E-state index in [1.165, 1.54) is 11.1 Å². The van der Waals surface area contributed by atoms with Crippen LogP contribution in [0, 0.1) is 5.92 Å². The topological polar surface area (TPSA) is 26.0 Å². The lowest BCUT2D eigenvalue weighted by molar-refractivity contribution is 0.660. The molecule has 0 amide bonds. The van der Waals surface area contributed by atoms with Crippen LogP contribution < -0.4 is 5.73 Å². The molecular weight excluding hydrogens is 194 g/mol. The summed E-state index contributed by atoms with van der Waals surface area (Å²) in [6, 6.07) is 10.4. The van der Waals surface area contributed by atoms with E-state index in [-0.39, 0.29) is 0 Å². The Morgan fingerprint density at radius 2 is 1.94 bits per heavy atom. The van der Waals surface area contributed by atoms with Gasteiger partial charge in [0.15, 0.2) is 0 Å². The molecule has 0 aliphatic rings. The van der Waals surface area contributed by atoms with Gasteiger partial charge in [-0.25, -0.2) is 0 Å². The summed E-state index contributed by atoms with van der Waals surface area (Å²) >= 11 is 0. The first kappa shape index (κ1) is 12.6. The van der Waals surface area contributed by atoms with Crippen molar-refractivity contribution >= 4 is 6.08 Å². The Balaban J connectivity index is 2.97. The summed E-state index contributed by atoms with van der Waals surface area (Å²) in [6.45, 7) is 8.19. The molecule has 86 valence electrons. The lowest BCUT2D eigenvalue weighted by Gasteiger charge is -2.17. The van der Waals surface area contributed by atoms with E-state index in [2.05, 4.69) is 50.8 Å². The van der Waals surface area contributed by atoms with Crippen molar-refractivity contribution in [1.29, 1.82) is 0 Å². The Kier molecular flexibility index (Phi) is 4.84. The predicted molar refractivity (Wildman–Crippen MR) is 71.8 cm³/mol. The molecule has 1 rings (SSSR count). The van der Waals surface area contributed by atoms with Crippen molar-refractivity contribution in [3.05, 3.63) is 53.7 Å². The van der Waals surface area contributed by atoms with E-state index in [4.69, 9.17) is 5.73 Å². The fourth-order valence-electron chi connectivity index (χ4n) is 1.97. The minimum absolute atomic E-state index is 0.310. The molecule has 1 unspecified atom stereocenters. The monoisotopic (exact) mass is 215 g/mol. The molecule has 0 spiro atoms. The molecule has 1 aromatic rings. The fraction of sp³-hybridized carbons (Fsp3) is 0.333. The van der Waals surface area contributed by atoms with Crippen molar-refractivity contribution in [1.82, 2.24) is 0 Å². The van der Waals surface area contributed by atoms with E-state index in [9.17, 15) is 0 Å². The van der Waals surface area contributed by atoms with Crippen LogP contribution in [0.15, 0.2) is 48.2 Å². The van der Waals surface area contributed by atoms with Crippen LogP contribution >= 0.6 is 0 Å². The average molecular weight is 215 g/mol. The van der Waals surface area contributed by atoms with Gasteiger partial charge in [-0.2, -0.15) is 0 Å². The third-order valence-corrected chi connectivity index (χ3v) is 2.86. The minimum Gasteiger partial charge on any atom is -0.402 e. The van der Waals surface area contributed by atoms with Gasteiger partial charge in [0.2, 0.25) is 0 Å². The maximum absolute atomic E-state index is 5.84. The zero-order valence-electron chi connectivity index (χ0n) is 10.2. The molecule has 1 heteroatoms. The Morgan fingerprint density at radius 1 is 1.31 bits per heavy atom. The van der Waals surface area contributed by atoms with Crippen LogP contribution in [0.4, 0.5) is 0 Å². The molecule has 0 bridgehead atoms. The van der Waals surface area contributed by atoms with Crippen LogP contribution in [-0.4, -0.2) is 0 Å². The highest BCUT2D eigenvalue weighted by Gasteiger charge is 2.11. The first-order valence-corrected chi connectivity index (χ1v) is 5.88. The maximum atomic E-state index is 5.84. The standard InChI is InChI=1S/C15H21N/c1-4-14(15(5-2)12(3)16)11-13-9-7-6-8-10-13/h6-11,15H,3-5,16H2,1-2H3/b14-11+. The molecule has 0 radical (unpaired) electrons. The highest BCUT2D eigenvalue weighted by atomic mass is 14.6. The van der Waals surface area contributed by atoms with Crippen LogP contribution in [0.25, 0.3) is 6.08 Å². The van der Waals surface area contributed by atoms with Crippen molar-refractivity contribution < 1.29 is 0 Å². The maximum Gasteiger partial charge on any atom is 0.0189 e. The second-order valence-electron chi connectivity index (χ2n) is 4.02. The molecule has 1 nitrogen and oxygen atoms in total. The summed E-state index contributed by atoms with van der Waals surface area (Å²) in [5, 5.41) is 0. The summed E-state index contributed by atoms with van der Waals surface area (Å²) in [4.78, 5) is 0. The van der Waals surface area contributed by atoms with Gasteiger partial charge in [0, 0.05) is 11.6 Å². The van der Waals surface area contributed by atoms with E-state index < -0.39 is 0 Å². The molecule has 0 saturated carbocycles. The average Bonchev–Trinajstić information content (AvgIpc) is 2.29. The Morgan fingerprint density at radius 3 is 2.38 bits per heavy atom. The van der Waals surface area contributed by atoms with Gasteiger partial charge in [-0.3, -0.25) is 0 Å². The number of allylic oxidation sites excluding steroid dienone is 1. The molecule has 0 aromatic heterocycles. The van der Waals surface area contributed by atoms with Crippen molar-refractivity contribution in [2.24, 2.45) is 11.7 Å². The molecule has 2 N–H and O–H groups in total. The van der Waals surface area contributed by atoms with Gasteiger partial charge < -0.3 is 5.73 Å². The summed E-state index contributed by atoms with van der Waals surface area (Å²) in [5.74, 6) is 0.310. The van der Waals surface area contributed by atoms with Crippen molar-refractivity contribution in [3.8, 4) is 0 Å². The van der Waals surface area contributed by atoms with Gasteiger partial charge in [-0.1, -0.05) is 62.4 Å². The van der Waals surface area contributed by atoms with Crippen molar-refractivity contribution in [2.75, 3.05) is 0 Å². The van der Waals surface area contributed by atoms with Gasteiger partial charge in [0.05, 0.1) is 0 Å². The third-order valence-electron chi connectivity index (χ3n) is 2.86. The van der Waals surface area contributed by atoms with Crippen LogP contribution in [0.1, 0.15) is 32.3 Å². The summed E-state index contributed by atoms with van der Waals surface area (Å²) < 4.78 is 0. The predicted octanol–water partition coefficient (Wildman–Crippen LogP) is 3.98. The highest BCUT2D eigenvalue weighted by Crippen LogP contribution is 2.24. The van der Waals surface area contributed by atoms with E-state index in [1.54, 1.807) is 0 Å². The molecule has 1 atom stereocenters. The molecular formula is C15H21N. The summed E-state index contributed by atoms with van der Waals surface area (Å²) in [7, 11) is 0. The van der Waals surface area contributed by atoms with E-state index >= 15 is 0 Å². The molecule has 0 fully saturated rings. The summed E-state index contributed by atoms with van der Waals surface area (Å²) in [5.41, 5.74) is 9.21. The zero-order chi connectivity index (χ0) is 12.0. The number of rotatable bonds is 5. The van der Waals surface area contributed by atoms with Crippen LogP contribution in [0.5, 0.6) is 0 Å². The summed E-state index contributed by atoms with van der Waals surface area (Å²) in [6.07, 6.45) is 4.26. The Labute approximate surface area is 98.7 Å². The van der Waals surface area contributed by atoms with E-state index in [1.807, 2.05) is 6.07 Å². The molecule has 0 heterocycles. The molecule has 0 aliphatic heterocycles.